The Morgan fingerprint density at radius 2 is 2.00 bits per heavy atom. The number of aromatic nitrogens is 3. The third-order valence-corrected chi connectivity index (χ3v) is 4.03. The number of carbonyl (C=O) groups is 1. The van der Waals surface area contributed by atoms with E-state index in [9.17, 15) is 4.79 Å². The number of hydrogen-bond acceptors (Lipinski definition) is 4. The van der Waals surface area contributed by atoms with Crippen LogP contribution in [0.1, 0.15) is 43.5 Å². The molecule has 1 aliphatic rings. The van der Waals surface area contributed by atoms with Gasteiger partial charge in [-0.15, -0.1) is 0 Å². The van der Waals surface area contributed by atoms with E-state index in [4.69, 9.17) is 4.74 Å². The van der Waals surface area contributed by atoms with E-state index in [-0.39, 0.29) is 18.7 Å². The maximum Gasteiger partial charge on any atom is 0.407 e. The second-order valence-electron chi connectivity index (χ2n) is 5.90. The van der Waals surface area contributed by atoms with Crippen molar-refractivity contribution in [2.75, 3.05) is 0 Å². The lowest BCUT2D eigenvalue weighted by molar-refractivity contribution is 0.130. The van der Waals surface area contributed by atoms with Crippen molar-refractivity contribution in [1.82, 2.24) is 20.1 Å². The summed E-state index contributed by atoms with van der Waals surface area (Å²) in [5, 5.41) is 7.24. The van der Waals surface area contributed by atoms with E-state index in [1.54, 1.807) is 11.0 Å². The van der Waals surface area contributed by atoms with Gasteiger partial charge >= 0.3 is 6.09 Å². The van der Waals surface area contributed by atoms with Crippen molar-refractivity contribution in [1.29, 1.82) is 0 Å². The lowest BCUT2D eigenvalue weighted by Crippen LogP contribution is -2.36. The van der Waals surface area contributed by atoms with E-state index in [2.05, 4.69) is 15.4 Å². The van der Waals surface area contributed by atoms with Gasteiger partial charge in [-0.1, -0.05) is 49.6 Å². The first-order chi connectivity index (χ1) is 11.3. The summed E-state index contributed by atoms with van der Waals surface area (Å²) in [6.07, 6.45) is 6.97. The van der Waals surface area contributed by atoms with Crippen LogP contribution in [0.2, 0.25) is 0 Å². The van der Waals surface area contributed by atoms with Gasteiger partial charge in [-0.3, -0.25) is 0 Å². The number of nitrogens with zero attached hydrogens (tertiary/aromatic N) is 3. The van der Waals surface area contributed by atoms with Crippen molar-refractivity contribution < 1.29 is 9.53 Å². The summed E-state index contributed by atoms with van der Waals surface area (Å²) in [5.74, 6) is 0.514. The van der Waals surface area contributed by atoms with Crippen LogP contribution in [0.3, 0.4) is 0 Å². The Balaban J connectivity index is 1.44. The third kappa shape index (κ3) is 4.81. The van der Waals surface area contributed by atoms with Crippen molar-refractivity contribution in [3.8, 4) is 0 Å². The van der Waals surface area contributed by atoms with E-state index >= 15 is 0 Å². The van der Waals surface area contributed by atoms with Crippen LogP contribution in [0.5, 0.6) is 0 Å². The highest BCUT2D eigenvalue weighted by molar-refractivity contribution is 5.67. The Kier molecular flexibility index (Phi) is 5.24. The molecule has 0 radical (unpaired) electrons. The van der Waals surface area contributed by atoms with Crippen LogP contribution in [0.15, 0.2) is 36.7 Å². The quantitative estimate of drug-likeness (QED) is 0.921. The fourth-order valence-corrected chi connectivity index (χ4v) is 2.83. The molecular formula is C17H22N4O2. The highest BCUT2D eigenvalue weighted by Gasteiger charge is 2.16. The molecule has 1 aromatic heterocycles. The first kappa shape index (κ1) is 15.5. The average Bonchev–Trinajstić information content (AvgIpc) is 3.02. The standard InChI is InChI=1S/C17H22N4O2/c22-17(19-15-9-5-2-6-10-15)23-12-16-18-13-21(20-16)11-14-7-3-1-4-8-14/h1,3-4,7-8,13,15H,2,5-6,9-12H2,(H,19,22). The molecular weight excluding hydrogens is 292 g/mol. The Morgan fingerprint density at radius 1 is 1.22 bits per heavy atom. The minimum atomic E-state index is -0.378. The van der Waals surface area contributed by atoms with Crippen LogP contribution in [-0.2, 0) is 17.9 Å². The summed E-state index contributed by atoms with van der Waals surface area (Å²) in [6, 6.07) is 10.3. The van der Waals surface area contributed by atoms with Crippen LogP contribution in [-0.4, -0.2) is 26.9 Å². The van der Waals surface area contributed by atoms with Crippen LogP contribution in [0, 0.1) is 0 Å². The molecule has 122 valence electrons. The molecule has 23 heavy (non-hydrogen) atoms. The number of alkyl carbamates (subject to hydrolysis) is 1. The lowest BCUT2D eigenvalue weighted by Gasteiger charge is -2.22. The second kappa shape index (κ2) is 7.76. The van der Waals surface area contributed by atoms with Gasteiger partial charge in [0.1, 0.15) is 6.33 Å². The van der Waals surface area contributed by atoms with Gasteiger partial charge < -0.3 is 10.1 Å². The molecule has 1 fully saturated rings. The highest BCUT2D eigenvalue weighted by atomic mass is 16.5. The molecule has 3 rings (SSSR count). The predicted octanol–water partition coefficient (Wildman–Crippen LogP) is 2.89. The van der Waals surface area contributed by atoms with Crippen LogP contribution < -0.4 is 5.32 Å². The van der Waals surface area contributed by atoms with Gasteiger partial charge in [-0.05, 0) is 18.4 Å². The summed E-state index contributed by atoms with van der Waals surface area (Å²) in [5.41, 5.74) is 1.15. The summed E-state index contributed by atoms with van der Waals surface area (Å²) in [4.78, 5) is 16.0. The van der Waals surface area contributed by atoms with Gasteiger partial charge in [0.25, 0.3) is 0 Å². The molecule has 0 unspecified atom stereocenters. The monoisotopic (exact) mass is 314 g/mol. The zero-order valence-electron chi connectivity index (χ0n) is 13.1. The van der Waals surface area contributed by atoms with Gasteiger partial charge in [0, 0.05) is 6.04 Å². The second-order valence-corrected chi connectivity index (χ2v) is 5.90. The number of amides is 1. The summed E-state index contributed by atoms with van der Waals surface area (Å²) < 4.78 is 6.95. The summed E-state index contributed by atoms with van der Waals surface area (Å²) in [7, 11) is 0. The summed E-state index contributed by atoms with van der Waals surface area (Å²) in [6.45, 7) is 0.752. The topological polar surface area (TPSA) is 69.0 Å². The number of hydrogen-bond donors (Lipinski definition) is 1. The molecule has 0 atom stereocenters. The number of ether oxygens (including phenoxy) is 1. The van der Waals surface area contributed by atoms with E-state index in [1.165, 1.54) is 19.3 Å². The van der Waals surface area contributed by atoms with Gasteiger partial charge in [0.05, 0.1) is 6.54 Å². The smallest absolute Gasteiger partial charge is 0.407 e. The zero-order valence-corrected chi connectivity index (χ0v) is 13.1. The molecule has 0 bridgehead atoms. The van der Waals surface area contributed by atoms with Gasteiger partial charge in [0.2, 0.25) is 0 Å². The fourth-order valence-electron chi connectivity index (χ4n) is 2.83. The molecule has 0 spiro atoms. The Bertz CT molecular complexity index is 621. The van der Waals surface area contributed by atoms with Crippen molar-refractivity contribution in [3.05, 3.63) is 48.0 Å². The number of benzene rings is 1. The van der Waals surface area contributed by atoms with Crippen molar-refractivity contribution >= 4 is 6.09 Å². The largest absolute Gasteiger partial charge is 0.441 e. The minimum Gasteiger partial charge on any atom is -0.441 e. The molecule has 6 heteroatoms. The van der Waals surface area contributed by atoms with E-state index in [0.29, 0.717) is 12.4 Å². The van der Waals surface area contributed by atoms with Gasteiger partial charge in [-0.25, -0.2) is 14.5 Å². The van der Waals surface area contributed by atoms with Crippen LogP contribution in [0.25, 0.3) is 0 Å². The number of rotatable bonds is 5. The average molecular weight is 314 g/mol. The molecule has 1 amide bonds. The third-order valence-electron chi connectivity index (χ3n) is 4.03. The Labute approximate surface area is 135 Å². The fraction of sp³-hybridized carbons (Fsp3) is 0.471. The molecule has 1 heterocycles. The van der Waals surface area contributed by atoms with E-state index < -0.39 is 0 Å². The van der Waals surface area contributed by atoms with Crippen LogP contribution in [0.4, 0.5) is 4.79 Å². The molecule has 1 saturated carbocycles. The maximum absolute atomic E-state index is 11.8. The van der Waals surface area contributed by atoms with E-state index in [0.717, 1.165) is 18.4 Å². The SMILES string of the molecule is O=C(NC1CCCCC1)OCc1ncn(Cc2ccccc2)n1. The normalized spacial score (nSPS) is 15.3. The highest BCUT2D eigenvalue weighted by Crippen LogP contribution is 2.17. The van der Waals surface area contributed by atoms with E-state index in [1.807, 2.05) is 30.3 Å². The Morgan fingerprint density at radius 3 is 2.78 bits per heavy atom. The van der Waals surface area contributed by atoms with Crippen molar-refractivity contribution in [3.63, 3.8) is 0 Å². The zero-order chi connectivity index (χ0) is 15.9. The first-order valence-corrected chi connectivity index (χ1v) is 8.15. The molecule has 0 saturated heterocycles. The first-order valence-electron chi connectivity index (χ1n) is 8.15. The number of carbonyl (C=O) groups excluding carboxylic acids is 1. The Hall–Kier alpha value is -2.37. The van der Waals surface area contributed by atoms with Crippen molar-refractivity contribution in [2.24, 2.45) is 0 Å². The molecule has 1 aromatic carbocycles. The maximum atomic E-state index is 11.8. The molecule has 6 nitrogen and oxygen atoms in total. The lowest BCUT2D eigenvalue weighted by atomic mass is 9.96. The molecule has 2 aromatic rings. The minimum absolute atomic E-state index is 0.0976. The van der Waals surface area contributed by atoms with Crippen molar-refractivity contribution in [2.45, 2.75) is 51.3 Å². The molecule has 1 aliphatic carbocycles. The molecule has 0 aliphatic heterocycles. The predicted molar refractivity (Wildman–Crippen MR) is 85.8 cm³/mol. The summed E-state index contributed by atoms with van der Waals surface area (Å²) >= 11 is 0. The van der Waals surface area contributed by atoms with Gasteiger partial charge in [0.15, 0.2) is 12.4 Å². The number of nitrogens with one attached hydrogen (secondary N) is 1. The van der Waals surface area contributed by atoms with Gasteiger partial charge in [-0.2, -0.15) is 5.10 Å². The van der Waals surface area contributed by atoms with Crippen LogP contribution >= 0.6 is 0 Å². The molecule has 1 N–H and O–H groups in total.